The molecule has 1 heterocycles. The van der Waals surface area contributed by atoms with Crippen LogP contribution in [-0.2, 0) is 26.0 Å². The van der Waals surface area contributed by atoms with E-state index < -0.39 is 16.1 Å². The second-order valence-corrected chi connectivity index (χ2v) is 10.6. The smallest absolute Gasteiger partial charge is 0.241 e. The fourth-order valence-electron chi connectivity index (χ4n) is 4.39. The molecule has 0 unspecified atom stereocenters. The lowest BCUT2D eigenvalue weighted by Crippen LogP contribution is -2.48. The summed E-state index contributed by atoms with van der Waals surface area (Å²) in [4.78, 5) is 15.6. The second kappa shape index (κ2) is 12.5. The predicted octanol–water partition coefficient (Wildman–Crippen LogP) is 2.35. The van der Waals surface area contributed by atoms with E-state index in [1.165, 1.54) is 0 Å². The Labute approximate surface area is 209 Å². The van der Waals surface area contributed by atoms with Crippen molar-refractivity contribution in [1.29, 1.82) is 0 Å². The molecule has 2 aromatic rings. The van der Waals surface area contributed by atoms with Gasteiger partial charge in [0.15, 0.2) is 0 Å². The summed E-state index contributed by atoms with van der Waals surface area (Å²) in [5.74, 6) is 0.303. The molecule has 1 saturated heterocycles. The Hall–Kier alpha value is -2.46. The van der Waals surface area contributed by atoms with Gasteiger partial charge >= 0.3 is 0 Å². The summed E-state index contributed by atoms with van der Waals surface area (Å²) in [5.41, 5.74) is 2.81. The van der Waals surface area contributed by atoms with E-state index in [2.05, 4.69) is 14.9 Å². The molecule has 0 spiro atoms. The normalized spacial score (nSPS) is 15.5. The van der Waals surface area contributed by atoms with Crippen molar-refractivity contribution in [2.24, 2.45) is 0 Å². The zero-order valence-corrected chi connectivity index (χ0v) is 21.9. The Morgan fingerprint density at radius 2 is 1.80 bits per heavy atom. The summed E-state index contributed by atoms with van der Waals surface area (Å²) in [5, 5.41) is 2.93. The number of hydrogen-bond acceptors (Lipinski definition) is 6. The molecule has 1 amide bonds. The van der Waals surface area contributed by atoms with Gasteiger partial charge in [0.1, 0.15) is 11.8 Å². The summed E-state index contributed by atoms with van der Waals surface area (Å²) >= 11 is 0. The Kier molecular flexibility index (Phi) is 9.68. The molecule has 0 saturated carbocycles. The molecule has 35 heavy (non-hydrogen) atoms. The molecule has 9 heteroatoms. The third kappa shape index (κ3) is 7.27. The number of ether oxygens (including phenoxy) is 2. The number of amides is 1. The van der Waals surface area contributed by atoms with Gasteiger partial charge in [-0.1, -0.05) is 30.3 Å². The Bertz CT molecular complexity index is 1100. The number of morpholine rings is 1. The Morgan fingerprint density at radius 1 is 1.11 bits per heavy atom. The summed E-state index contributed by atoms with van der Waals surface area (Å²) < 4.78 is 40.5. The Balaban J connectivity index is 1.75. The number of benzene rings is 2. The highest BCUT2D eigenvalue weighted by atomic mass is 32.2. The van der Waals surface area contributed by atoms with E-state index in [0.29, 0.717) is 23.4 Å². The molecule has 0 radical (unpaired) electrons. The van der Waals surface area contributed by atoms with Crippen molar-refractivity contribution in [3.63, 3.8) is 0 Å². The van der Waals surface area contributed by atoms with Crippen molar-refractivity contribution in [3.05, 3.63) is 58.7 Å². The topological polar surface area (TPSA) is 97.0 Å². The van der Waals surface area contributed by atoms with Gasteiger partial charge in [-0.25, -0.2) is 8.42 Å². The molecule has 1 aliphatic heterocycles. The van der Waals surface area contributed by atoms with Crippen molar-refractivity contribution in [3.8, 4) is 5.75 Å². The predicted molar refractivity (Wildman–Crippen MR) is 136 cm³/mol. The van der Waals surface area contributed by atoms with Gasteiger partial charge < -0.3 is 14.8 Å². The van der Waals surface area contributed by atoms with Crippen molar-refractivity contribution >= 4 is 15.9 Å². The highest BCUT2D eigenvalue weighted by molar-refractivity contribution is 7.89. The van der Waals surface area contributed by atoms with Crippen LogP contribution in [0.4, 0.5) is 0 Å². The standard InChI is InChI=1S/C26H37N3O5S/c1-19-17-24(33-4)20(2)21(3)25(19)35(31,32)28-23(18-22-9-6-5-7-10-22)26(30)27-11-8-12-29-13-15-34-16-14-29/h5-7,9-10,17,23,28H,8,11-16,18H2,1-4H3,(H,27,30)/t23-/m0/s1. The molecule has 2 aromatic carbocycles. The van der Waals surface area contributed by atoms with Gasteiger partial charge in [0.25, 0.3) is 0 Å². The van der Waals surface area contributed by atoms with Gasteiger partial charge in [-0.05, 0) is 68.5 Å². The van der Waals surface area contributed by atoms with Gasteiger partial charge in [-0.15, -0.1) is 0 Å². The van der Waals surface area contributed by atoms with Gasteiger partial charge in [0.2, 0.25) is 15.9 Å². The van der Waals surface area contributed by atoms with Crippen LogP contribution in [0.5, 0.6) is 5.75 Å². The maximum absolute atomic E-state index is 13.5. The molecule has 0 aromatic heterocycles. The number of nitrogens with zero attached hydrogens (tertiary/aromatic N) is 1. The molecule has 1 atom stereocenters. The molecular weight excluding hydrogens is 466 g/mol. The first-order valence-corrected chi connectivity index (χ1v) is 13.5. The molecule has 8 nitrogen and oxygen atoms in total. The van der Waals surface area contributed by atoms with Gasteiger partial charge in [-0.3, -0.25) is 9.69 Å². The van der Waals surface area contributed by atoms with E-state index in [9.17, 15) is 13.2 Å². The van der Waals surface area contributed by atoms with E-state index in [4.69, 9.17) is 9.47 Å². The lowest BCUT2D eigenvalue weighted by Gasteiger charge is -2.26. The Morgan fingerprint density at radius 3 is 2.46 bits per heavy atom. The molecule has 0 bridgehead atoms. The highest BCUT2D eigenvalue weighted by Crippen LogP contribution is 2.30. The summed E-state index contributed by atoms with van der Waals surface area (Å²) in [6, 6.07) is 10.2. The SMILES string of the molecule is COc1cc(C)c(S(=O)(=O)N[C@@H](Cc2ccccc2)C(=O)NCCCN2CCOCC2)c(C)c1C. The number of aryl methyl sites for hydroxylation is 1. The number of hydrogen-bond donors (Lipinski definition) is 2. The van der Waals surface area contributed by atoms with Crippen LogP contribution >= 0.6 is 0 Å². The first-order chi connectivity index (χ1) is 16.7. The van der Waals surface area contributed by atoms with Crippen LogP contribution in [0.15, 0.2) is 41.3 Å². The summed E-state index contributed by atoms with van der Waals surface area (Å²) in [6.07, 6.45) is 1.04. The fourth-order valence-corrected chi connectivity index (χ4v) is 6.11. The zero-order chi connectivity index (χ0) is 25.4. The maximum Gasteiger partial charge on any atom is 0.241 e. The van der Waals surface area contributed by atoms with Crippen molar-refractivity contribution < 1.29 is 22.7 Å². The summed E-state index contributed by atoms with van der Waals surface area (Å²) in [6.45, 7) is 9.92. The van der Waals surface area contributed by atoms with Crippen LogP contribution in [0.3, 0.4) is 0 Å². The molecule has 192 valence electrons. The third-order valence-electron chi connectivity index (χ3n) is 6.42. The van der Waals surface area contributed by atoms with Gasteiger partial charge in [-0.2, -0.15) is 4.72 Å². The molecule has 0 aliphatic carbocycles. The first-order valence-electron chi connectivity index (χ1n) is 12.0. The van der Waals surface area contributed by atoms with Gasteiger partial charge in [0, 0.05) is 19.6 Å². The fraction of sp³-hybridized carbons (Fsp3) is 0.500. The van der Waals surface area contributed by atoms with Crippen LogP contribution in [0.2, 0.25) is 0 Å². The first kappa shape index (κ1) is 27.1. The van der Waals surface area contributed by atoms with Crippen molar-refractivity contribution in [2.45, 2.75) is 44.6 Å². The third-order valence-corrected chi connectivity index (χ3v) is 8.18. The molecule has 1 fully saturated rings. The van der Waals surface area contributed by atoms with Gasteiger partial charge in [0.05, 0.1) is 25.2 Å². The van der Waals surface area contributed by atoms with E-state index in [0.717, 1.165) is 50.4 Å². The average molecular weight is 504 g/mol. The molecule has 1 aliphatic rings. The van der Waals surface area contributed by atoms with Crippen LogP contribution in [0.25, 0.3) is 0 Å². The van der Waals surface area contributed by atoms with Crippen molar-refractivity contribution in [2.75, 3.05) is 46.5 Å². The number of carbonyl (C=O) groups is 1. The van der Waals surface area contributed by atoms with E-state index in [1.807, 2.05) is 37.3 Å². The monoisotopic (exact) mass is 503 g/mol. The highest BCUT2D eigenvalue weighted by Gasteiger charge is 2.29. The number of nitrogens with one attached hydrogen (secondary N) is 2. The van der Waals surface area contributed by atoms with E-state index >= 15 is 0 Å². The minimum atomic E-state index is -3.97. The van der Waals surface area contributed by atoms with Crippen LogP contribution in [0, 0.1) is 20.8 Å². The number of rotatable bonds is 11. The van der Waals surface area contributed by atoms with E-state index in [1.54, 1.807) is 27.0 Å². The quantitative estimate of drug-likeness (QED) is 0.457. The van der Waals surface area contributed by atoms with Crippen molar-refractivity contribution in [1.82, 2.24) is 14.9 Å². The number of methoxy groups -OCH3 is 1. The maximum atomic E-state index is 13.5. The average Bonchev–Trinajstić information content (AvgIpc) is 2.84. The second-order valence-electron chi connectivity index (χ2n) is 8.94. The van der Waals surface area contributed by atoms with Crippen LogP contribution in [-0.4, -0.2) is 71.8 Å². The van der Waals surface area contributed by atoms with Crippen LogP contribution < -0.4 is 14.8 Å². The summed E-state index contributed by atoms with van der Waals surface area (Å²) in [7, 11) is -2.41. The molecule has 2 N–H and O–H groups in total. The minimum absolute atomic E-state index is 0.189. The lowest BCUT2D eigenvalue weighted by molar-refractivity contribution is -0.122. The van der Waals surface area contributed by atoms with E-state index in [-0.39, 0.29) is 17.2 Å². The number of carbonyl (C=O) groups excluding carboxylic acids is 1. The minimum Gasteiger partial charge on any atom is -0.496 e. The molecular formula is C26H37N3O5S. The number of sulfonamides is 1. The zero-order valence-electron chi connectivity index (χ0n) is 21.1. The van der Waals surface area contributed by atoms with Crippen LogP contribution in [0.1, 0.15) is 28.7 Å². The largest absolute Gasteiger partial charge is 0.496 e. The molecule has 3 rings (SSSR count). The lowest BCUT2D eigenvalue weighted by atomic mass is 10.1.